The van der Waals surface area contributed by atoms with Gasteiger partial charge < -0.3 is 8.83 Å². The second-order valence-corrected chi connectivity index (χ2v) is 3.71. The fraction of sp³-hybridized carbons (Fsp3) is 0.700. The summed E-state index contributed by atoms with van der Waals surface area (Å²) in [5.74, 6) is 1.31. The lowest BCUT2D eigenvalue weighted by Crippen LogP contribution is -2.04. The number of hydrogen-bond donors (Lipinski definition) is 0. The summed E-state index contributed by atoms with van der Waals surface area (Å²) >= 11 is 0. The number of aryl methyl sites for hydroxylation is 1. The number of hydrogen-bond acceptors (Lipinski definition) is 3. The van der Waals surface area contributed by atoms with E-state index in [-0.39, 0.29) is 0 Å². The molecule has 3 nitrogen and oxygen atoms in total. The molecule has 0 spiro atoms. The third kappa shape index (κ3) is 1.69. The third-order valence-corrected chi connectivity index (χ3v) is 2.75. The van der Waals surface area contributed by atoms with E-state index >= 15 is 0 Å². The van der Waals surface area contributed by atoms with Gasteiger partial charge in [0.25, 0.3) is 0 Å². The molecule has 0 amide bonds. The summed E-state index contributed by atoms with van der Waals surface area (Å²) in [5, 5.41) is 0. The summed E-state index contributed by atoms with van der Waals surface area (Å²) in [4.78, 5) is 10.8. The minimum absolute atomic E-state index is 0.417. The molecule has 1 aliphatic rings. The molecule has 0 aliphatic heterocycles. The van der Waals surface area contributed by atoms with E-state index in [4.69, 9.17) is 8.83 Å². The van der Waals surface area contributed by atoms with Crippen LogP contribution in [0.3, 0.4) is 0 Å². The average molecular weight is 182 g/mol. The van der Waals surface area contributed by atoms with Crippen molar-refractivity contribution in [1.82, 2.24) is 0 Å². The second-order valence-electron chi connectivity index (χ2n) is 3.71. The maximum Gasteiger partial charge on any atom is 0.519 e. The van der Waals surface area contributed by atoms with Crippen molar-refractivity contribution in [2.75, 3.05) is 0 Å². The Morgan fingerprint density at radius 2 is 1.85 bits per heavy atom. The highest BCUT2D eigenvalue weighted by molar-refractivity contribution is 5.08. The zero-order chi connectivity index (χ0) is 9.26. The lowest BCUT2D eigenvalue weighted by molar-refractivity contribution is 0.337. The fourth-order valence-corrected chi connectivity index (χ4v) is 2.09. The fourth-order valence-electron chi connectivity index (χ4n) is 2.09. The Morgan fingerprint density at radius 3 is 2.38 bits per heavy atom. The van der Waals surface area contributed by atoms with Crippen LogP contribution in [0.1, 0.15) is 49.5 Å². The van der Waals surface area contributed by atoms with Gasteiger partial charge in [0.2, 0.25) is 0 Å². The molecule has 0 bridgehead atoms. The molecule has 1 aromatic heterocycles. The Bertz CT molecular complexity index is 328. The van der Waals surface area contributed by atoms with Crippen molar-refractivity contribution < 1.29 is 8.83 Å². The molecule has 13 heavy (non-hydrogen) atoms. The molecule has 1 fully saturated rings. The van der Waals surface area contributed by atoms with Gasteiger partial charge in [-0.15, -0.1) is 0 Å². The second kappa shape index (κ2) is 3.40. The maximum atomic E-state index is 10.8. The first-order valence-corrected chi connectivity index (χ1v) is 4.88. The van der Waals surface area contributed by atoms with Crippen molar-refractivity contribution in [3.05, 3.63) is 22.1 Å². The van der Waals surface area contributed by atoms with Crippen LogP contribution < -0.4 is 5.82 Å². The van der Waals surface area contributed by atoms with Gasteiger partial charge in [0.1, 0.15) is 5.76 Å². The molecule has 0 saturated heterocycles. The van der Waals surface area contributed by atoms with E-state index in [1.165, 1.54) is 19.3 Å². The monoisotopic (exact) mass is 182 g/mol. The molecule has 72 valence electrons. The average Bonchev–Trinajstić information content (AvgIpc) is 2.47. The van der Waals surface area contributed by atoms with Gasteiger partial charge in [-0.25, -0.2) is 4.79 Å². The summed E-state index contributed by atoms with van der Waals surface area (Å²) < 4.78 is 9.88. The molecular formula is C10H14O3. The van der Waals surface area contributed by atoms with Crippen LogP contribution in [0.2, 0.25) is 0 Å². The molecule has 0 unspecified atom stereocenters. The van der Waals surface area contributed by atoms with Gasteiger partial charge in [0.15, 0.2) is 5.76 Å². The lowest BCUT2D eigenvalue weighted by Gasteiger charge is -2.18. The Balaban J connectivity index is 2.23. The van der Waals surface area contributed by atoms with Crippen LogP contribution in [-0.4, -0.2) is 0 Å². The lowest BCUT2D eigenvalue weighted by atomic mass is 9.87. The first-order chi connectivity index (χ1) is 6.27. The Labute approximate surface area is 76.7 Å². The van der Waals surface area contributed by atoms with Crippen molar-refractivity contribution >= 4 is 0 Å². The highest BCUT2D eigenvalue weighted by atomic mass is 16.6. The van der Waals surface area contributed by atoms with E-state index < -0.39 is 5.82 Å². The van der Waals surface area contributed by atoms with E-state index in [1.54, 1.807) is 6.92 Å². The molecule has 1 saturated carbocycles. The molecule has 1 heterocycles. The molecule has 1 aromatic rings. The molecule has 3 heteroatoms. The number of rotatable bonds is 1. The van der Waals surface area contributed by atoms with Crippen molar-refractivity contribution in [3.8, 4) is 0 Å². The minimum atomic E-state index is -0.557. The van der Waals surface area contributed by atoms with Crippen molar-refractivity contribution in [2.45, 2.75) is 44.9 Å². The smallest absolute Gasteiger partial charge is 0.396 e. The van der Waals surface area contributed by atoms with Gasteiger partial charge in [-0.2, -0.15) is 0 Å². The molecule has 0 atom stereocenters. The van der Waals surface area contributed by atoms with Crippen LogP contribution in [0, 0.1) is 6.92 Å². The Morgan fingerprint density at radius 1 is 1.15 bits per heavy atom. The van der Waals surface area contributed by atoms with Crippen molar-refractivity contribution in [1.29, 1.82) is 0 Å². The zero-order valence-electron chi connectivity index (χ0n) is 7.84. The largest absolute Gasteiger partial charge is 0.519 e. The summed E-state index contributed by atoms with van der Waals surface area (Å²) in [5.41, 5.74) is 0. The molecule has 2 rings (SSSR count). The van der Waals surface area contributed by atoms with Crippen LogP contribution in [0.25, 0.3) is 0 Å². The molecular weight excluding hydrogens is 168 g/mol. The summed E-state index contributed by atoms with van der Waals surface area (Å²) in [6.07, 6.45) is 6.03. The molecule has 1 aliphatic carbocycles. The highest BCUT2D eigenvalue weighted by Crippen LogP contribution is 2.33. The highest BCUT2D eigenvalue weighted by Gasteiger charge is 2.22. The maximum absolute atomic E-state index is 10.8. The summed E-state index contributed by atoms with van der Waals surface area (Å²) in [6.45, 7) is 1.80. The van der Waals surface area contributed by atoms with E-state index in [1.807, 2.05) is 0 Å². The van der Waals surface area contributed by atoms with Crippen LogP contribution in [0.5, 0.6) is 0 Å². The van der Waals surface area contributed by atoms with Gasteiger partial charge in [0.05, 0.1) is 0 Å². The Hall–Kier alpha value is -0.990. The molecule has 0 N–H and O–H groups in total. The van der Waals surface area contributed by atoms with Gasteiger partial charge in [0, 0.05) is 5.92 Å². The van der Waals surface area contributed by atoms with E-state index in [0.717, 1.165) is 18.6 Å². The first-order valence-electron chi connectivity index (χ1n) is 4.88. The topological polar surface area (TPSA) is 43.4 Å². The van der Waals surface area contributed by atoms with Crippen molar-refractivity contribution in [3.63, 3.8) is 0 Å². The molecule has 0 radical (unpaired) electrons. The van der Waals surface area contributed by atoms with Crippen molar-refractivity contribution in [2.24, 2.45) is 0 Å². The first kappa shape index (κ1) is 8.60. The van der Waals surface area contributed by atoms with Crippen LogP contribution in [0.15, 0.2) is 13.6 Å². The normalized spacial score (nSPS) is 19.2. The Kier molecular flexibility index (Phi) is 2.25. The minimum Gasteiger partial charge on any atom is -0.396 e. The van der Waals surface area contributed by atoms with E-state index in [0.29, 0.717) is 11.7 Å². The zero-order valence-corrected chi connectivity index (χ0v) is 7.84. The predicted molar refractivity (Wildman–Crippen MR) is 47.8 cm³/mol. The van der Waals surface area contributed by atoms with Crippen LogP contribution in [-0.2, 0) is 0 Å². The predicted octanol–water partition coefficient (Wildman–Crippen LogP) is 2.59. The third-order valence-electron chi connectivity index (χ3n) is 2.75. The summed E-state index contributed by atoms with van der Waals surface area (Å²) in [6, 6.07) is 0. The SMILES string of the molecule is Cc1oc(=O)oc1C1CCCCC1. The van der Waals surface area contributed by atoms with Crippen LogP contribution in [0.4, 0.5) is 0 Å². The molecule has 0 aromatic carbocycles. The van der Waals surface area contributed by atoms with E-state index in [2.05, 4.69) is 0 Å². The van der Waals surface area contributed by atoms with Gasteiger partial charge >= 0.3 is 5.82 Å². The van der Waals surface area contributed by atoms with Gasteiger partial charge in [-0.3, -0.25) is 0 Å². The van der Waals surface area contributed by atoms with Crippen LogP contribution >= 0.6 is 0 Å². The quantitative estimate of drug-likeness (QED) is 0.670. The van der Waals surface area contributed by atoms with Gasteiger partial charge in [-0.05, 0) is 19.8 Å². The standard InChI is InChI=1S/C10H14O3/c1-7-9(13-10(11)12-7)8-5-3-2-4-6-8/h8H,2-6H2,1H3. The van der Waals surface area contributed by atoms with Gasteiger partial charge in [-0.1, -0.05) is 19.3 Å². The summed E-state index contributed by atoms with van der Waals surface area (Å²) in [7, 11) is 0. The van der Waals surface area contributed by atoms with E-state index in [9.17, 15) is 4.79 Å².